The zero-order valence-corrected chi connectivity index (χ0v) is 7.85. The van der Waals surface area contributed by atoms with E-state index in [-0.39, 0.29) is 41.6 Å². The van der Waals surface area contributed by atoms with Crippen LogP contribution in [0.1, 0.15) is 13.8 Å². The van der Waals surface area contributed by atoms with Gasteiger partial charge in [0.2, 0.25) is 0 Å². The van der Waals surface area contributed by atoms with Crippen LogP contribution in [0.5, 0.6) is 0 Å². The molecular weight excluding hydrogens is 221 g/mol. The Morgan fingerprint density at radius 1 is 1.00 bits per heavy atom. The number of hydrogen-bond acceptors (Lipinski definition) is 4. The molecule has 0 fully saturated rings. The second-order valence-electron chi connectivity index (χ2n) is 1.64. The Labute approximate surface area is 109 Å². The van der Waals surface area contributed by atoms with E-state index in [1.165, 1.54) is 0 Å². The van der Waals surface area contributed by atoms with E-state index in [9.17, 15) is 4.79 Å². The Hall–Kier alpha value is -0.670. The van der Waals surface area contributed by atoms with Crippen molar-refractivity contribution in [2.24, 2.45) is 5.73 Å². The van der Waals surface area contributed by atoms with Crippen LogP contribution in [0.25, 0.3) is 0 Å². The van der Waals surface area contributed by atoms with Crippen molar-refractivity contribution in [3.05, 3.63) is 0 Å². The number of aliphatic carboxylic acids is 3. The molecule has 0 bridgehead atoms. The number of carboxylic acids is 3. The van der Waals surface area contributed by atoms with Crippen LogP contribution in [0.2, 0.25) is 0 Å². The summed E-state index contributed by atoms with van der Waals surface area (Å²) in [6, 6.07) is 0. The summed E-state index contributed by atoms with van der Waals surface area (Å²) in [7, 11) is 0. The van der Waals surface area contributed by atoms with Crippen molar-refractivity contribution >= 4 is 47.5 Å². The van der Waals surface area contributed by atoms with Crippen LogP contribution >= 0.6 is 0 Å². The van der Waals surface area contributed by atoms with Crippen molar-refractivity contribution in [1.29, 1.82) is 0 Å². The van der Waals surface area contributed by atoms with E-state index in [0.29, 0.717) is 0 Å². The van der Waals surface area contributed by atoms with Gasteiger partial charge in [-0.15, -0.1) is 0 Å². The Morgan fingerprint density at radius 3 is 1.07 bits per heavy atom. The summed E-state index contributed by atoms with van der Waals surface area (Å²) in [6.45, 7) is 1.89. The van der Waals surface area contributed by atoms with Gasteiger partial charge in [-0.05, 0) is 0 Å². The van der Waals surface area contributed by atoms with Gasteiger partial charge in [0.25, 0.3) is 11.9 Å². The summed E-state index contributed by atoms with van der Waals surface area (Å²) in [6.07, 6.45) is 0. The second kappa shape index (κ2) is 23.3. The van der Waals surface area contributed by atoms with Crippen LogP contribution in [0.15, 0.2) is 0 Å². The fourth-order valence-electron chi connectivity index (χ4n) is 0. The third kappa shape index (κ3) is 967. The summed E-state index contributed by atoms with van der Waals surface area (Å²) in [5, 5.41) is 22.4. The number of hydrogen-bond donors (Lipinski definition) is 4. The fraction of sp³-hybridized carbons (Fsp3) is 0.500. The normalized spacial score (nSPS) is 5.80. The first kappa shape index (κ1) is 29.3. The SMILES string of the molecule is CC(=O)O.CC(=O)O.NCC(=O)O.O.[NaH]. The van der Waals surface area contributed by atoms with Crippen molar-refractivity contribution in [3.8, 4) is 0 Å². The minimum atomic E-state index is -0.968. The molecule has 0 aliphatic heterocycles. The van der Waals surface area contributed by atoms with Gasteiger partial charge in [0.1, 0.15) is 0 Å². The molecule has 0 saturated carbocycles. The molecule has 9 heteroatoms. The first-order chi connectivity index (χ1) is 5.73. The van der Waals surface area contributed by atoms with Gasteiger partial charge in [0, 0.05) is 13.8 Å². The topological polar surface area (TPSA) is 169 Å². The zero-order chi connectivity index (χ0) is 11.4. The molecule has 0 atom stereocenters. The number of carboxylic acid groups (broad SMARTS) is 3. The van der Waals surface area contributed by atoms with E-state index >= 15 is 0 Å². The van der Waals surface area contributed by atoms with Crippen molar-refractivity contribution in [3.63, 3.8) is 0 Å². The molecule has 0 rings (SSSR count). The molecule has 0 amide bonds. The maximum absolute atomic E-state index is 9.24. The average molecular weight is 237 g/mol. The van der Waals surface area contributed by atoms with E-state index in [0.717, 1.165) is 13.8 Å². The Morgan fingerprint density at radius 2 is 1.07 bits per heavy atom. The fourth-order valence-corrected chi connectivity index (χ4v) is 0. The molecule has 0 aromatic heterocycles. The molecule has 7 N–H and O–H groups in total. The van der Waals surface area contributed by atoms with Crippen LogP contribution in [0.3, 0.4) is 0 Å². The maximum atomic E-state index is 9.24. The van der Waals surface area contributed by atoms with E-state index < -0.39 is 17.9 Å². The van der Waals surface area contributed by atoms with Gasteiger partial charge >= 0.3 is 35.5 Å². The van der Waals surface area contributed by atoms with Gasteiger partial charge in [0.15, 0.2) is 0 Å². The second-order valence-corrected chi connectivity index (χ2v) is 1.64. The van der Waals surface area contributed by atoms with Crippen molar-refractivity contribution in [2.75, 3.05) is 6.54 Å². The molecule has 0 aromatic rings. The van der Waals surface area contributed by atoms with Gasteiger partial charge < -0.3 is 26.5 Å². The van der Waals surface area contributed by atoms with Gasteiger partial charge in [-0.25, -0.2) is 0 Å². The predicted octanol–water partition coefficient (Wildman–Crippen LogP) is -2.26. The molecule has 0 heterocycles. The molecule has 0 saturated heterocycles. The number of carbonyl (C=O) groups is 3. The van der Waals surface area contributed by atoms with Gasteiger partial charge in [-0.1, -0.05) is 0 Å². The number of rotatable bonds is 1. The molecule has 15 heavy (non-hydrogen) atoms. The van der Waals surface area contributed by atoms with Crippen LogP contribution in [0.4, 0.5) is 0 Å². The number of nitrogens with two attached hydrogens (primary N) is 1. The molecule has 8 nitrogen and oxygen atoms in total. The van der Waals surface area contributed by atoms with Gasteiger partial charge in [-0.3, -0.25) is 14.4 Å². The van der Waals surface area contributed by atoms with Crippen LogP contribution in [-0.4, -0.2) is 74.8 Å². The molecule has 0 unspecified atom stereocenters. The summed E-state index contributed by atoms with van der Waals surface area (Å²) >= 11 is 0. The summed E-state index contributed by atoms with van der Waals surface area (Å²) in [4.78, 5) is 27.2. The first-order valence-electron chi connectivity index (χ1n) is 3.04. The van der Waals surface area contributed by atoms with Crippen LogP contribution in [0, 0.1) is 0 Å². The Balaban J connectivity index is -0.0000000315. The Bertz CT molecular complexity index is 153. The van der Waals surface area contributed by atoms with Crippen molar-refractivity contribution in [1.82, 2.24) is 0 Å². The third-order valence-corrected chi connectivity index (χ3v) is 0.175. The predicted molar refractivity (Wildman–Crippen MR) is 54.1 cm³/mol. The molecule has 0 spiro atoms. The van der Waals surface area contributed by atoms with E-state index in [4.69, 9.17) is 24.9 Å². The standard InChI is InChI=1S/C2H5NO2.2C2H4O2.Na.H2O.H/c3-1-2(4)5;2*1-2(3)4;;;/h1,3H2,(H,4,5);2*1H3,(H,3,4);;1H2;. The molecule has 0 aromatic carbocycles. The van der Waals surface area contributed by atoms with Crippen molar-refractivity contribution < 1.29 is 35.2 Å². The first-order valence-corrected chi connectivity index (χ1v) is 3.04. The molecule has 0 radical (unpaired) electrons. The molecular formula is C6H16NNaO7. The van der Waals surface area contributed by atoms with Gasteiger partial charge in [-0.2, -0.15) is 0 Å². The van der Waals surface area contributed by atoms with E-state index in [1.54, 1.807) is 0 Å². The van der Waals surface area contributed by atoms with Crippen LogP contribution in [-0.2, 0) is 14.4 Å². The summed E-state index contributed by atoms with van der Waals surface area (Å²) in [5.74, 6) is -2.63. The molecule has 0 aliphatic rings. The van der Waals surface area contributed by atoms with Gasteiger partial charge in [0.05, 0.1) is 6.54 Å². The summed E-state index contributed by atoms with van der Waals surface area (Å²) in [5.41, 5.74) is 4.57. The minimum absolute atomic E-state index is 0. The zero-order valence-electron chi connectivity index (χ0n) is 7.85. The quantitative estimate of drug-likeness (QED) is 0.372. The third-order valence-electron chi connectivity index (χ3n) is 0.175. The van der Waals surface area contributed by atoms with Crippen LogP contribution < -0.4 is 5.73 Å². The molecule has 0 aliphatic carbocycles. The van der Waals surface area contributed by atoms with E-state index in [1.807, 2.05) is 0 Å². The average Bonchev–Trinajstić information content (AvgIpc) is 1.84. The monoisotopic (exact) mass is 237 g/mol. The Kier molecular flexibility index (Phi) is 45.4. The van der Waals surface area contributed by atoms with Crippen molar-refractivity contribution in [2.45, 2.75) is 13.8 Å². The summed E-state index contributed by atoms with van der Waals surface area (Å²) < 4.78 is 0. The molecule has 88 valence electrons. The van der Waals surface area contributed by atoms with E-state index in [2.05, 4.69) is 5.73 Å².